The van der Waals surface area contributed by atoms with Crippen LogP contribution in [-0.4, -0.2) is 49.0 Å². The number of rotatable bonds is 4. The van der Waals surface area contributed by atoms with Crippen molar-refractivity contribution in [2.24, 2.45) is 0 Å². The molecule has 0 aliphatic carbocycles. The number of nitrogens with zero attached hydrogens (tertiary/aromatic N) is 3. The predicted octanol–water partition coefficient (Wildman–Crippen LogP) is 3.47. The van der Waals surface area contributed by atoms with Gasteiger partial charge in [0, 0.05) is 38.3 Å². The number of piperazine rings is 1. The van der Waals surface area contributed by atoms with Gasteiger partial charge in [-0.3, -0.25) is 4.90 Å². The fraction of sp³-hybridized carbons (Fsp3) is 0.471. The predicted molar refractivity (Wildman–Crippen MR) is 96.5 cm³/mol. The summed E-state index contributed by atoms with van der Waals surface area (Å²) in [5.41, 5.74) is 0.588. The lowest BCUT2D eigenvalue weighted by molar-refractivity contribution is -0.137. The van der Waals surface area contributed by atoms with Crippen LogP contribution in [0, 0.1) is 13.8 Å². The molecule has 0 saturated carbocycles. The maximum atomic E-state index is 13.0. The van der Waals surface area contributed by atoms with E-state index in [0.29, 0.717) is 31.5 Å². The quantitative estimate of drug-likeness (QED) is 0.732. The molecule has 0 amide bonds. The molecule has 0 bridgehead atoms. The maximum absolute atomic E-state index is 13.0. The molecule has 0 unspecified atom stereocenters. The van der Waals surface area contributed by atoms with Crippen LogP contribution < -0.4 is 0 Å². The highest BCUT2D eigenvalue weighted by Crippen LogP contribution is 2.36. The summed E-state index contributed by atoms with van der Waals surface area (Å²) in [5, 5.41) is 3.37. The molecule has 1 aromatic carbocycles. The second kappa shape index (κ2) is 7.66. The summed E-state index contributed by atoms with van der Waals surface area (Å²) in [4.78, 5) is 1.64. The molecule has 6 nitrogen and oxygen atoms in total. The average molecular weight is 438 g/mol. The van der Waals surface area contributed by atoms with E-state index in [0.717, 1.165) is 23.4 Å². The topological polar surface area (TPSA) is 66.7 Å². The molecule has 1 aliphatic heterocycles. The fourth-order valence-corrected chi connectivity index (χ4v) is 4.78. The Morgan fingerprint density at radius 3 is 2.36 bits per heavy atom. The number of hydrogen-bond donors (Lipinski definition) is 0. The zero-order valence-electron chi connectivity index (χ0n) is 15.3. The second-order valence-corrected chi connectivity index (χ2v) is 8.97. The van der Waals surface area contributed by atoms with Crippen LogP contribution in [0.2, 0.25) is 5.02 Å². The van der Waals surface area contributed by atoms with E-state index in [1.165, 1.54) is 4.31 Å². The molecule has 0 N–H and O–H groups in total. The van der Waals surface area contributed by atoms with Gasteiger partial charge in [0.15, 0.2) is 0 Å². The third kappa shape index (κ3) is 4.19. The van der Waals surface area contributed by atoms with E-state index in [1.54, 1.807) is 0 Å². The van der Waals surface area contributed by atoms with Crippen LogP contribution in [0.15, 0.2) is 27.6 Å². The van der Waals surface area contributed by atoms with Crippen LogP contribution in [0.1, 0.15) is 22.6 Å². The third-order valence-electron chi connectivity index (χ3n) is 4.78. The molecule has 0 atom stereocenters. The van der Waals surface area contributed by atoms with Crippen molar-refractivity contribution >= 4 is 21.6 Å². The van der Waals surface area contributed by atoms with E-state index in [9.17, 15) is 21.6 Å². The molecule has 11 heteroatoms. The lowest BCUT2D eigenvalue weighted by Crippen LogP contribution is -2.48. The summed E-state index contributed by atoms with van der Waals surface area (Å²) < 4.78 is 71.0. The van der Waals surface area contributed by atoms with Gasteiger partial charge in [0.1, 0.15) is 5.76 Å². The Morgan fingerprint density at radius 1 is 1.18 bits per heavy atom. The van der Waals surface area contributed by atoms with E-state index < -0.39 is 31.7 Å². The first-order valence-corrected chi connectivity index (χ1v) is 10.3. The van der Waals surface area contributed by atoms with Crippen molar-refractivity contribution in [2.45, 2.75) is 31.5 Å². The van der Waals surface area contributed by atoms with E-state index in [-0.39, 0.29) is 13.1 Å². The molecule has 0 radical (unpaired) electrons. The molecule has 28 heavy (non-hydrogen) atoms. The van der Waals surface area contributed by atoms with Crippen molar-refractivity contribution in [1.82, 2.24) is 14.4 Å². The molecular weight excluding hydrogens is 419 g/mol. The summed E-state index contributed by atoms with van der Waals surface area (Å²) >= 11 is 5.58. The van der Waals surface area contributed by atoms with Crippen molar-refractivity contribution in [3.05, 3.63) is 45.8 Å². The van der Waals surface area contributed by atoms with Gasteiger partial charge in [-0.25, -0.2) is 8.42 Å². The minimum Gasteiger partial charge on any atom is -0.361 e. The zero-order valence-corrected chi connectivity index (χ0v) is 16.8. The Balaban J connectivity index is 1.73. The van der Waals surface area contributed by atoms with Gasteiger partial charge >= 0.3 is 6.18 Å². The lowest BCUT2D eigenvalue weighted by Gasteiger charge is -2.34. The molecular formula is C17H19ClF3N3O3S. The highest BCUT2D eigenvalue weighted by molar-refractivity contribution is 7.89. The van der Waals surface area contributed by atoms with Crippen molar-refractivity contribution in [1.29, 1.82) is 0 Å². The fourth-order valence-electron chi connectivity index (χ4n) is 3.11. The number of hydrogen-bond acceptors (Lipinski definition) is 5. The monoisotopic (exact) mass is 437 g/mol. The summed E-state index contributed by atoms with van der Waals surface area (Å²) in [7, 11) is -4.05. The smallest absolute Gasteiger partial charge is 0.361 e. The lowest BCUT2D eigenvalue weighted by atomic mass is 10.2. The first-order chi connectivity index (χ1) is 13.0. The van der Waals surface area contributed by atoms with E-state index in [4.69, 9.17) is 16.1 Å². The zero-order chi connectivity index (χ0) is 20.7. The number of alkyl halides is 3. The van der Waals surface area contributed by atoms with Crippen LogP contribution in [0.5, 0.6) is 0 Å². The van der Waals surface area contributed by atoms with E-state index in [2.05, 4.69) is 10.1 Å². The Kier molecular flexibility index (Phi) is 5.77. The Labute approximate surface area is 165 Å². The second-order valence-electron chi connectivity index (χ2n) is 6.62. The van der Waals surface area contributed by atoms with Crippen LogP contribution in [0.4, 0.5) is 13.2 Å². The molecule has 3 rings (SSSR count). The third-order valence-corrected chi connectivity index (χ3v) is 7.00. The standard InChI is InChI=1S/C17H19ClF3N3O3S/c1-11-14(12(2)27-22-11)10-23-5-7-24(8-6-23)28(25,26)13-3-4-16(18)15(9-13)17(19,20)21/h3-4,9H,5-8,10H2,1-2H3. The average Bonchev–Trinajstić information content (AvgIpc) is 2.93. The molecule has 1 aliphatic rings. The van der Waals surface area contributed by atoms with E-state index in [1.807, 2.05) is 13.8 Å². The number of aryl methyl sites for hydroxylation is 2. The Bertz CT molecular complexity index is 948. The van der Waals surface area contributed by atoms with Crippen LogP contribution >= 0.6 is 11.6 Å². The summed E-state index contributed by atoms with van der Waals surface area (Å²) in [6, 6.07) is 2.65. The molecule has 1 aromatic heterocycles. The van der Waals surface area contributed by atoms with Gasteiger partial charge in [-0.15, -0.1) is 0 Å². The molecule has 0 spiro atoms. The molecule has 1 saturated heterocycles. The molecule has 2 aromatic rings. The summed E-state index contributed by atoms with van der Waals surface area (Å²) in [6.45, 7) is 5.48. The minimum atomic E-state index is -4.73. The van der Waals surface area contributed by atoms with Gasteiger partial charge in [0.25, 0.3) is 0 Å². The first kappa shape index (κ1) is 21.1. The van der Waals surface area contributed by atoms with Crippen molar-refractivity contribution < 1.29 is 26.1 Å². The van der Waals surface area contributed by atoms with Gasteiger partial charge < -0.3 is 4.52 Å². The largest absolute Gasteiger partial charge is 0.417 e. The van der Waals surface area contributed by atoms with Crippen LogP contribution in [0.25, 0.3) is 0 Å². The highest BCUT2D eigenvalue weighted by atomic mass is 35.5. The highest BCUT2D eigenvalue weighted by Gasteiger charge is 2.36. The van der Waals surface area contributed by atoms with Crippen LogP contribution in [0.3, 0.4) is 0 Å². The van der Waals surface area contributed by atoms with Crippen molar-refractivity contribution in [2.75, 3.05) is 26.2 Å². The minimum absolute atomic E-state index is 0.176. The normalized spacial score (nSPS) is 17.2. The van der Waals surface area contributed by atoms with Crippen molar-refractivity contribution in [3.63, 3.8) is 0 Å². The maximum Gasteiger partial charge on any atom is 0.417 e. The Hall–Kier alpha value is -1.62. The summed E-state index contributed by atoms with van der Waals surface area (Å²) in [6.07, 6.45) is -4.73. The molecule has 1 fully saturated rings. The van der Waals surface area contributed by atoms with Gasteiger partial charge in [0.2, 0.25) is 10.0 Å². The number of aromatic nitrogens is 1. The Morgan fingerprint density at radius 2 is 1.82 bits per heavy atom. The molecule has 154 valence electrons. The first-order valence-electron chi connectivity index (χ1n) is 8.51. The van der Waals surface area contributed by atoms with Gasteiger partial charge in [0.05, 0.1) is 21.2 Å². The molecule has 2 heterocycles. The number of benzene rings is 1. The SMILES string of the molecule is Cc1noc(C)c1CN1CCN(S(=O)(=O)c2ccc(Cl)c(C(F)(F)F)c2)CC1. The number of sulfonamides is 1. The van der Waals surface area contributed by atoms with Crippen LogP contribution in [-0.2, 0) is 22.7 Å². The van der Waals surface area contributed by atoms with Gasteiger partial charge in [-0.2, -0.15) is 17.5 Å². The van der Waals surface area contributed by atoms with Crippen molar-refractivity contribution in [3.8, 4) is 0 Å². The van der Waals surface area contributed by atoms with Gasteiger partial charge in [-0.1, -0.05) is 16.8 Å². The van der Waals surface area contributed by atoms with Gasteiger partial charge in [-0.05, 0) is 32.0 Å². The van der Waals surface area contributed by atoms with E-state index >= 15 is 0 Å². The number of halogens is 4. The summed E-state index contributed by atoms with van der Waals surface area (Å²) in [5.74, 6) is 0.716.